The number of methoxy groups -OCH3 is 1. The lowest BCUT2D eigenvalue weighted by molar-refractivity contribution is -0.125. The largest absolute Gasteiger partial charge is 0.497 e. The van der Waals surface area contributed by atoms with E-state index >= 15 is 0 Å². The van der Waals surface area contributed by atoms with Gasteiger partial charge in [-0.2, -0.15) is 0 Å². The molecule has 1 saturated carbocycles. The van der Waals surface area contributed by atoms with Crippen LogP contribution in [-0.2, 0) is 9.53 Å². The average Bonchev–Trinajstić information content (AvgIpc) is 2.55. The zero-order chi connectivity index (χ0) is 15.9. The minimum atomic E-state index is -0.522. The molecule has 0 aromatic heterocycles. The summed E-state index contributed by atoms with van der Waals surface area (Å²) in [5, 5.41) is 2.96. The van der Waals surface area contributed by atoms with Crippen LogP contribution in [0.4, 0.5) is 0 Å². The summed E-state index contributed by atoms with van der Waals surface area (Å²) in [6, 6.07) is 6.86. The van der Waals surface area contributed by atoms with E-state index in [9.17, 15) is 9.59 Å². The molecule has 1 aliphatic carbocycles. The molecule has 0 saturated heterocycles. The molecule has 1 N–H and O–H groups in total. The van der Waals surface area contributed by atoms with Gasteiger partial charge in [-0.25, -0.2) is 4.79 Å². The quantitative estimate of drug-likeness (QED) is 0.849. The van der Waals surface area contributed by atoms with Gasteiger partial charge in [-0.3, -0.25) is 4.79 Å². The fraction of sp³-hybridized carbons (Fsp3) is 0.529. The van der Waals surface area contributed by atoms with Gasteiger partial charge in [0.25, 0.3) is 5.91 Å². The number of ether oxygens (including phenoxy) is 2. The Hall–Kier alpha value is -2.04. The standard InChI is InChI=1S/C17H23NO4/c1-12-6-3-4-9-15(12)18-16(19)11-22-17(20)13-7-5-8-14(10-13)21-2/h5,7-8,10,12,15H,3-4,6,9,11H2,1-2H3,(H,18,19)/t12-,15+/m0/s1. The lowest BCUT2D eigenvalue weighted by atomic mass is 9.86. The van der Waals surface area contributed by atoms with E-state index in [0.717, 1.165) is 19.3 Å². The highest BCUT2D eigenvalue weighted by Crippen LogP contribution is 2.23. The smallest absolute Gasteiger partial charge is 0.338 e. The van der Waals surface area contributed by atoms with E-state index in [2.05, 4.69) is 12.2 Å². The first kappa shape index (κ1) is 16.3. The molecule has 1 fully saturated rings. The van der Waals surface area contributed by atoms with Crippen LogP contribution >= 0.6 is 0 Å². The zero-order valence-corrected chi connectivity index (χ0v) is 13.1. The Balaban J connectivity index is 1.81. The van der Waals surface area contributed by atoms with Crippen LogP contribution in [0, 0.1) is 5.92 Å². The Morgan fingerprint density at radius 1 is 1.27 bits per heavy atom. The number of hydrogen-bond donors (Lipinski definition) is 1. The van der Waals surface area contributed by atoms with Crippen molar-refractivity contribution in [1.82, 2.24) is 5.32 Å². The molecule has 2 atom stereocenters. The zero-order valence-electron chi connectivity index (χ0n) is 13.1. The van der Waals surface area contributed by atoms with E-state index in [-0.39, 0.29) is 18.6 Å². The van der Waals surface area contributed by atoms with E-state index in [0.29, 0.717) is 17.2 Å². The second kappa shape index (κ2) is 7.82. The molecular weight excluding hydrogens is 282 g/mol. The Kier molecular flexibility index (Phi) is 5.81. The van der Waals surface area contributed by atoms with Crippen LogP contribution in [0.15, 0.2) is 24.3 Å². The Bertz CT molecular complexity index is 529. The van der Waals surface area contributed by atoms with Gasteiger partial charge in [0.1, 0.15) is 5.75 Å². The maximum atomic E-state index is 11.9. The summed E-state index contributed by atoms with van der Waals surface area (Å²) in [4.78, 5) is 23.8. The first-order chi connectivity index (χ1) is 10.6. The molecule has 2 rings (SSSR count). The van der Waals surface area contributed by atoms with Crippen LogP contribution in [-0.4, -0.2) is 31.6 Å². The van der Waals surface area contributed by atoms with E-state index in [1.807, 2.05) is 0 Å². The SMILES string of the molecule is COc1cccc(C(=O)OCC(=O)N[C@@H]2CCCC[C@@H]2C)c1. The molecule has 1 aromatic carbocycles. The van der Waals surface area contributed by atoms with Gasteiger partial charge in [-0.1, -0.05) is 25.8 Å². The predicted molar refractivity (Wildman–Crippen MR) is 82.8 cm³/mol. The summed E-state index contributed by atoms with van der Waals surface area (Å²) in [5.41, 5.74) is 0.373. The molecule has 5 heteroatoms. The second-order valence-corrected chi connectivity index (χ2v) is 5.74. The predicted octanol–water partition coefficient (Wildman–Crippen LogP) is 2.55. The maximum absolute atomic E-state index is 11.9. The molecule has 0 bridgehead atoms. The van der Waals surface area contributed by atoms with E-state index < -0.39 is 5.97 Å². The number of esters is 1. The first-order valence-corrected chi connectivity index (χ1v) is 7.70. The topological polar surface area (TPSA) is 64.6 Å². The number of hydrogen-bond acceptors (Lipinski definition) is 4. The summed E-state index contributed by atoms with van der Waals surface area (Å²) >= 11 is 0. The highest BCUT2D eigenvalue weighted by Gasteiger charge is 2.23. The third-order valence-electron chi connectivity index (χ3n) is 4.10. The van der Waals surface area contributed by atoms with Crippen molar-refractivity contribution in [2.24, 2.45) is 5.92 Å². The molecule has 0 spiro atoms. The normalized spacial score (nSPS) is 21.0. The summed E-state index contributed by atoms with van der Waals surface area (Å²) in [5.74, 6) is 0.294. The lowest BCUT2D eigenvalue weighted by Crippen LogP contribution is -2.42. The van der Waals surface area contributed by atoms with Gasteiger partial charge in [0, 0.05) is 6.04 Å². The molecule has 0 heterocycles. The average molecular weight is 305 g/mol. The third kappa shape index (κ3) is 4.48. The highest BCUT2D eigenvalue weighted by molar-refractivity contribution is 5.91. The Labute approximate surface area is 131 Å². The third-order valence-corrected chi connectivity index (χ3v) is 4.10. The van der Waals surface area contributed by atoms with Gasteiger partial charge < -0.3 is 14.8 Å². The maximum Gasteiger partial charge on any atom is 0.338 e. The van der Waals surface area contributed by atoms with Crippen LogP contribution < -0.4 is 10.1 Å². The summed E-state index contributed by atoms with van der Waals surface area (Å²) < 4.78 is 10.1. The van der Waals surface area contributed by atoms with Gasteiger partial charge in [0.05, 0.1) is 12.7 Å². The first-order valence-electron chi connectivity index (χ1n) is 7.70. The molecule has 1 aromatic rings. The van der Waals surface area contributed by atoms with E-state index in [1.54, 1.807) is 24.3 Å². The van der Waals surface area contributed by atoms with Gasteiger partial charge in [-0.05, 0) is 37.0 Å². The van der Waals surface area contributed by atoms with E-state index in [1.165, 1.54) is 13.5 Å². The minimum Gasteiger partial charge on any atom is -0.497 e. The summed E-state index contributed by atoms with van der Waals surface area (Å²) in [7, 11) is 1.53. The number of rotatable bonds is 5. The molecule has 22 heavy (non-hydrogen) atoms. The molecule has 1 amide bonds. The van der Waals surface area contributed by atoms with Crippen molar-refractivity contribution in [3.63, 3.8) is 0 Å². The molecule has 0 aliphatic heterocycles. The summed E-state index contributed by atoms with van der Waals surface area (Å²) in [6.45, 7) is 1.89. The minimum absolute atomic E-state index is 0.191. The number of benzene rings is 1. The van der Waals surface area contributed by atoms with Crippen LogP contribution in [0.25, 0.3) is 0 Å². The van der Waals surface area contributed by atoms with Crippen molar-refractivity contribution in [2.45, 2.75) is 38.6 Å². The molecule has 120 valence electrons. The molecule has 1 aliphatic rings. The molecule has 0 unspecified atom stereocenters. The second-order valence-electron chi connectivity index (χ2n) is 5.74. The number of amides is 1. The van der Waals surface area contributed by atoms with Crippen molar-refractivity contribution < 1.29 is 19.1 Å². The molecule has 5 nitrogen and oxygen atoms in total. The van der Waals surface area contributed by atoms with Crippen LogP contribution in [0.2, 0.25) is 0 Å². The van der Waals surface area contributed by atoms with Crippen molar-refractivity contribution >= 4 is 11.9 Å². The fourth-order valence-electron chi connectivity index (χ4n) is 2.74. The van der Waals surface area contributed by atoms with Crippen molar-refractivity contribution in [1.29, 1.82) is 0 Å². The summed E-state index contributed by atoms with van der Waals surface area (Å²) in [6.07, 6.45) is 4.49. The van der Waals surface area contributed by atoms with Gasteiger partial charge >= 0.3 is 5.97 Å². The van der Waals surface area contributed by atoms with Crippen molar-refractivity contribution in [3.05, 3.63) is 29.8 Å². The Morgan fingerprint density at radius 2 is 2.05 bits per heavy atom. The number of nitrogens with one attached hydrogen (secondary N) is 1. The van der Waals surface area contributed by atoms with Crippen LogP contribution in [0.1, 0.15) is 43.0 Å². The number of carbonyl (C=O) groups is 2. The lowest BCUT2D eigenvalue weighted by Gasteiger charge is -2.29. The molecule has 0 radical (unpaired) electrons. The number of carbonyl (C=O) groups excluding carboxylic acids is 2. The van der Waals surface area contributed by atoms with Gasteiger partial charge in [0.2, 0.25) is 0 Å². The van der Waals surface area contributed by atoms with Crippen molar-refractivity contribution in [2.75, 3.05) is 13.7 Å². The van der Waals surface area contributed by atoms with Crippen LogP contribution in [0.5, 0.6) is 5.75 Å². The highest BCUT2D eigenvalue weighted by atomic mass is 16.5. The fourth-order valence-corrected chi connectivity index (χ4v) is 2.74. The van der Waals surface area contributed by atoms with E-state index in [4.69, 9.17) is 9.47 Å². The molecular formula is C17H23NO4. The van der Waals surface area contributed by atoms with Crippen molar-refractivity contribution in [3.8, 4) is 5.75 Å². The van der Waals surface area contributed by atoms with Gasteiger partial charge in [-0.15, -0.1) is 0 Å². The monoisotopic (exact) mass is 305 g/mol. The van der Waals surface area contributed by atoms with Gasteiger partial charge in [0.15, 0.2) is 6.61 Å². The Morgan fingerprint density at radius 3 is 2.77 bits per heavy atom. The van der Waals surface area contributed by atoms with Crippen LogP contribution in [0.3, 0.4) is 0 Å².